The van der Waals surface area contributed by atoms with Crippen LogP contribution in [0, 0.1) is 28.6 Å². The highest BCUT2D eigenvalue weighted by atomic mass is 16.3. The van der Waals surface area contributed by atoms with E-state index >= 15 is 0 Å². The first-order chi connectivity index (χ1) is 6.07. The van der Waals surface area contributed by atoms with Gasteiger partial charge in [-0.3, -0.25) is 0 Å². The summed E-state index contributed by atoms with van der Waals surface area (Å²) in [5, 5.41) is 3.28. The van der Waals surface area contributed by atoms with Crippen molar-refractivity contribution >= 4 is 0 Å². The van der Waals surface area contributed by atoms with Gasteiger partial charge >= 0.3 is 0 Å². The molecular formula is C11H19NO. The van der Waals surface area contributed by atoms with Crippen molar-refractivity contribution in [2.24, 2.45) is 28.8 Å². The van der Waals surface area contributed by atoms with Gasteiger partial charge in [0.25, 0.3) is 0 Å². The van der Waals surface area contributed by atoms with E-state index < -0.39 is 0 Å². The average Bonchev–Trinajstić information content (AvgIpc) is 2.09. The zero-order valence-electron chi connectivity index (χ0n) is 8.90. The van der Waals surface area contributed by atoms with E-state index in [0.717, 1.165) is 0 Å². The van der Waals surface area contributed by atoms with E-state index in [0.29, 0.717) is 23.7 Å². The van der Waals surface area contributed by atoms with E-state index in [4.69, 9.17) is 0 Å². The zero-order chi connectivity index (χ0) is 10.0. The Balaban J connectivity index is 2.85. The van der Waals surface area contributed by atoms with Crippen LogP contribution in [-0.2, 0) is 0 Å². The molecule has 2 nitrogen and oxygen atoms in total. The first kappa shape index (κ1) is 10.4. The van der Waals surface area contributed by atoms with Gasteiger partial charge < -0.3 is 0 Å². The maximum Gasteiger partial charge on any atom is 0.101 e. The summed E-state index contributed by atoms with van der Waals surface area (Å²) in [6.07, 6.45) is 4.39. The van der Waals surface area contributed by atoms with Gasteiger partial charge in [0, 0.05) is 5.92 Å². The van der Waals surface area contributed by atoms with Gasteiger partial charge in [0.15, 0.2) is 0 Å². The van der Waals surface area contributed by atoms with E-state index in [-0.39, 0.29) is 6.04 Å². The third kappa shape index (κ3) is 1.98. The minimum absolute atomic E-state index is 0.0278. The minimum atomic E-state index is -0.0278. The second kappa shape index (κ2) is 4.03. The van der Waals surface area contributed by atoms with Crippen molar-refractivity contribution in [2.75, 3.05) is 0 Å². The molecule has 74 valence electrons. The average molecular weight is 181 g/mol. The molecule has 2 heteroatoms. The summed E-state index contributed by atoms with van der Waals surface area (Å²) in [7, 11) is 0. The van der Waals surface area contributed by atoms with Crippen LogP contribution in [0.15, 0.2) is 17.3 Å². The van der Waals surface area contributed by atoms with Crippen LogP contribution in [-0.4, -0.2) is 6.04 Å². The Kier molecular flexibility index (Phi) is 3.23. The van der Waals surface area contributed by atoms with Crippen molar-refractivity contribution in [3.8, 4) is 0 Å². The molecule has 0 spiro atoms. The van der Waals surface area contributed by atoms with Gasteiger partial charge in [0.1, 0.15) is 6.04 Å². The quantitative estimate of drug-likeness (QED) is 0.475. The molecule has 13 heavy (non-hydrogen) atoms. The second-order valence-electron chi connectivity index (χ2n) is 4.52. The Morgan fingerprint density at radius 1 is 1.23 bits per heavy atom. The van der Waals surface area contributed by atoms with Crippen LogP contribution in [0.5, 0.6) is 0 Å². The Morgan fingerprint density at radius 3 is 2.31 bits per heavy atom. The lowest BCUT2D eigenvalue weighted by molar-refractivity contribution is 0.252. The summed E-state index contributed by atoms with van der Waals surface area (Å²) in [4.78, 5) is 10.7. The lowest BCUT2D eigenvalue weighted by atomic mass is 9.73. The molecule has 0 radical (unpaired) electrons. The fourth-order valence-corrected chi connectivity index (χ4v) is 2.04. The van der Waals surface area contributed by atoms with Gasteiger partial charge in [-0.05, 0) is 17.8 Å². The highest BCUT2D eigenvalue weighted by molar-refractivity contribution is 5.06. The maximum atomic E-state index is 10.7. The van der Waals surface area contributed by atoms with E-state index in [1.165, 1.54) is 0 Å². The third-order valence-corrected chi connectivity index (χ3v) is 3.29. The molecule has 1 aliphatic carbocycles. The van der Waals surface area contributed by atoms with Gasteiger partial charge in [0.05, 0.1) is 0 Å². The monoisotopic (exact) mass is 181 g/mol. The number of hydrogen-bond acceptors (Lipinski definition) is 2. The van der Waals surface area contributed by atoms with Crippen LogP contribution in [0.25, 0.3) is 0 Å². The Labute approximate surface area is 80.4 Å². The van der Waals surface area contributed by atoms with Crippen molar-refractivity contribution in [3.05, 3.63) is 17.1 Å². The molecule has 1 rings (SSSR count). The SMILES string of the molecule is CC(C)C1C=CC(C)C(C)C1N=O. The number of nitrogens with zero attached hydrogens (tertiary/aromatic N) is 1. The topological polar surface area (TPSA) is 29.4 Å². The smallest absolute Gasteiger partial charge is 0.101 e. The molecule has 0 aliphatic heterocycles. The standard InChI is InChI=1S/C11H19NO/c1-7(2)10-6-5-8(3)9(4)11(10)12-13/h5-11H,1-4H3. The molecule has 4 unspecified atom stereocenters. The van der Waals surface area contributed by atoms with Gasteiger partial charge in [0.2, 0.25) is 0 Å². The van der Waals surface area contributed by atoms with Crippen LogP contribution in [0.2, 0.25) is 0 Å². The lowest BCUT2D eigenvalue weighted by Crippen LogP contribution is -2.34. The molecular weight excluding hydrogens is 162 g/mol. The summed E-state index contributed by atoms with van der Waals surface area (Å²) in [5.74, 6) is 1.71. The first-order valence-corrected chi connectivity index (χ1v) is 5.08. The summed E-state index contributed by atoms with van der Waals surface area (Å²) < 4.78 is 0. The summed E-state index contributed by atoms with van der Waals surface area (Å²) in [6, 6.07) is -0.0278. The molecule has 0 fully saturated rings. The molecule has 4 atom stereocenters. The fourth-order valence-electron chi connectivity index (χ4n) is 2.04. The number of hydrogen-bond donors (Lipinski definition) is 0. The van der Waals surface area contributed by atoms with Crippen LogP contribution >= 0.6 is 0 Å². The Morgan fingerprint density at radius 2 is 1.85 bits per heavy atom. The number of rotatable bonds is 2. The second-order valence-corrected chi connectivity index (χ2v) is 4.52. The molecule has 0 saturated heterocycles. The zero-order valence-corrected chi connectivity index (χ0v) is 8.90. The lowest BCUT2D eigenvalue weighted by Gasteiger charge is -2.33. The van der Waals surface area contributed by atoms with E-state index in [1.54, 1.807) is 0 Å². The number of allylic oxidation sites excluding steroid dienone is 1. The first-order valence-electron chi connectivity index (χ1n) is 5.08. The van der Waals surface area contributed by atoms with Crippen molar-refractivity contribution < 1.29 is 0 Å². The van der Waals surface area contributed by atoms with Crippen LogP contribution in [0.3, 0.4) is 0 Å². The predicted octanol–water partition coefficient (Wildman–Crippen LogP) is 3.24. The molecule has 0 amide bonds. The molecule has 0 aromatic carbocycles. The largest absolute Gasteiger partial charge is 0.150 e. The predicted molar refractivity (Wildman–Crippen MR) is 55.4 cm³/mol. The summed E-state index contributed by atoms with van der Waals surface area (Å²) in [5.41, 5.74) is 0. The molecule has 0 heterocycles. The van der Waals surface area contributed by atoms with Crippen LogP contribution < -0.4 is 0 Å². The molecule has 0 aromatic rings. The highest BCUT2D eigenvalue weighted by Gasteiger charge is 2.33. The van der Waals surface area contributed by atoms with Crippen LogP contribution in [0.1, 0.15) is 27.7 Å². The normalized spacial score (nSPS) is 39.5. The van der Waals surface area contributed by atoms with Crippen molar-refractivity contribution in [2.45, 2.75) is 33.7 Å². The Bertz CT molecular complexity index is 210. The van der Waals surface area contributed by atoms with E-state index in [1.807, 2.05) is 0 Å². The fraction of sp³-hybridized carbons (Fsp3) is 0.818. The summed E-state index contributed by atoms with van der Waals surface area (Å²) in [6.45, 7) is 8.57. The summed E-state index contributed by atoms with van der Waals surface area (Å²) >= 11 is 0. The van der Waals surface area contributed by atoms with Crippen molar-refractivity contribution in [1.29, 1.82) is 0 Å². The molecule has 0 bridgehead atoms. The van der Waals surface area contributed by atoms with Gasteiger partial charge in [-0.1, -0.05) is 45.0 Å². The van der Waals surface area contributed by atoms with E-state index in [9.17, 15) is 4.91 Å². The molecule has 0 saturated carbocycles. The number of nitroso groups, excluding NO2 is 1. The van der Waals surface area contributed by atoms with E-state index in [2.05, 4.69) is 45.0 Å². The third-order valence-electron chi connectivity index (χ3n) is 3.29. The highest BCUT2D eigenvalue weighted by Crippen LogP contribution is 2.34. The minimum Gasteiger partial charge on any atom is -0.150 e. The van der Waals surface area contributed by atoms with Gasteiger partial charge in [-0.2, -0.15) is 4.91 Å². The van der Waals surface area contributed by atoms with Gasteiger partial charge in [-0.15, -0.1) is 0 Å². The van der Waals surface area contributed by atoms with Gasteiger partial charge in [-0.25, -0.2) is 0 Å². The van der Waals surface area contributed by atoms with Crippen molar-refractivity contribution in [1.82, 2.24) is 0 Å². The molecule has 0 aromatic heterocycles. The van der Waals surface area contributed by atoms with Crippen molar-refractivity contribution in [3.63, 3.8) is 0 Å². The maximum absolute atomic E-state index is 10.7. The molecule has 1 aliphatic rings. The Hall–Kier alpha value is -0.660. The molecule has 0 N–H and O–H groups in total. The van der Waals surface area contributed by atoms with Crippen LogP contribution in [0.4, 0.5) is 0 Å².